The zero-order valence-electron chi connectivity index (χ0n) is 17.5. The molecule has 0 saturated heterocycles. The average molecular weight is 412 g/mol. The number of aromatic nitrogens is 2. The minimum atomic E-state index is -0.799. The van der Waals surface area contributed by atoms with E-state index < -0.39 is 11.5 Å². The average Bonchev–Trinajstić information content (AvgIpc) is 2.69. The zero-order valence-corrected chi connectivity index (χ0v) is 17.5. The Hall–Kier alpha value is -3.59. The van der Waals surface area contributed by atoms with Crippen LogP contribution in [0.1, 0.15) is 27.0 Å². The molecule has 0 atom stereocenters. The number of primary amides is 1. The van der Waals surface area contributed by atoms with E-state index in [1.165, 1.54) is 18.8 Å². The van der Waals surface area contributed by atoms with Gasteiger partial charge in [-0.2, -0.15) is 0 Å². The van der Waals surface area contributed by atoms with Crippen LogP contribution < -0.4 is 26.5 Å². The van der Waals surface area contributed by atoms with Gasteiger partial charge in [0.15, 0.2) is 6.79 Å². The fraction of sp³-hybridized carbons (Fsp3) is 0.286. The van der Waals surface area contributed by atoms with Gasteiger partial charge in [0.2, 0.25) is 5.88 Å². The summed E-state index contributed by atoms with van der Waals surface area (Å²) >= 11 is 0. The first-order valence-electron chi connectivity index (χ1n) is 9.14. The van der Waals surface area contributed by atoms with Crippen molar-refractivity contribution in [3.8, 4) is 17.3 Å². The van der Waals surface area contributed by atoms with Crippen LogP contribution in [0.4, 0.5) is 5.82 Å². The van der Waals surface area contributed by atoms with E-state index in [0.29, 0.717) is 22.6 Å². The number of nitrogen functional groups attached to an aromatic ring is 1. The molecule has 0 unspecified atom stereocenters. The molecule has 2 heterocycles. The molecule has 2 aromatic heterocycles. The molecule has 0 radical (unpaired) electrons. The molecule has 158 valence electrons. The number of anilines is 1. The largest absolute Gasteiger partial charge is 0.481 e. The molecule has 1 amide bonds. The van der Waals surface area contributed by atoms with Crippen molar-refractivity contribution in [1.82, 2.24) is 9.55 Å². The number of ether oxygens (including phenoxy) is 3. The fourth-order valence-corrected chi connectivity index (χ4v) is 3.52. The Morgan fingerprint density at radius 1 is 1.17 bits per heavy atom. The van der Waals surface area contributed by atoms with E-state index in [9.17, 15) is 9.59 Å². The molecule has 0 spiro atoms. The molecule has 3 rings (SSSR count). The second kappa shape index (κ2) is 8.03. The van der Waals surface area contributed by atoms with Gasteiger partial charge in [0, 0.05) is 18.2 Å². The number of benzene rings is 1. The highest BCUT2D eigenvalue weighted by Gasteiger charge is 2.24. The SMILES string of the molecule is COCOc1ccc(C)c(-n2c(N)c(C(N)=O)c3nc(OC)c(C)cc3c2=O)c1C. The number of carbonyl (C=O) groups is 1. The predicted octanol–water partition coefficient (Wildman–Crippen LogP) is 1.98. The third kappa shape index (κ3) is 3.33. The van der Waals surface area contributed by atoms with Crippen LogP contribution in [0.15, 0.2) is 23.0 Å². The molecule has 0 saturated carbocycles. The van der Waals surface area contributed by atoms with E-state index in [0.717, 1.165) is 5.56 Å². The van der Waals surface area contributed by atoms with Gasteiger partial charge in [0.25, 0.3) is 11.5 Å². The molecule has 9 heteroatoms. The summed E-state index contributed by atoms with van der Waals surface area (Å²) in [5.74, 6) is -0.0994. The van der Waals surface area contributed by atoms with Gasteiger partial charge in [-0.05, 0) is 38.5 Å². The van der Waals surface area contributed by atoms with Crippen molar-refractivity contribution in [3.05, 3.63) is 50.8 Å². The molecule has 4 N–H and O–H groups in total. The number of fused-ring (bicyclic) bond motifs is 1. The number of pyridine rings is 2. The maximum Gasteiger partial charge on any atom is 0.266 e. The third-order valence-electron chi connectivity index (χ3n) is 4.91. The zero-order chi connectivity index (χ0) is 22.2. The highest BCUT2D eigenvalue weighted by Crippen LogP contribution is 2.32. The van der Waals surface area contributed by atoms with Crippen molar-refractivity contribution in [2.45, 2.75) is 20.8 Å². The normalized spacial score (nSPS) is 11.0. The number of nitrogens with two attached hydrogens (primary N) is 2. The van der Waals surface area contributed by atoms with Gasteiger partial charge in [-0.3, -0.25) is 14.2 Å². The summed E-state index contributed by atoms with van der Waals surface area (Å²) in [4.78, 5) is 30.1. The maximum atomic E-state index is 13.5. The number of methoxy groups -OCH3 is 2. The quantitative estimate of drug-likeness (QED) is 0.592. The first-order valence-corrected chi connectivity index (χ1v) is 9.14. The number of nitrogens with zero attached hydrogens (tertiary/aromatic N) is 2. The molecule has 0 bridgehead atoms. The fourth-order valence-electron chi connectivity index (χ4n) is 3.52. The summed E-state index contributed by atoms with van der Waals surface area (Å²) in [6, 6.07) is 5.19. The molecular weight excluding hydrogens is 388 g/mol. The number of carbonyl (C=O) groups excluding carboxylic acids is 1. The first-order chi connectivity index (χ1) is 14.2. The number of hydrogen-bond donors (Lipinski definition) is 2. The Morgan fingerprint density at radius 2 is 1.87 bits per heavy atom. The van der Waals surface area contributed by atoms with Gasteiger partial charge in [-0.1, -0.05) is 6.07 Å². The van der Waals surface area contributed by atoms with Crippen molar-refractivity contribution in [1.29, 1.82) is 0 Å². The molecule has 0 aliphatic carbocycles. The molecule has 0 fully saturated rings. The topological polar surface area (TPSA) is 132 Å². The first kappa shape index (κ1) is 21.1. The lowest BCUT2D eigenvalue weighted by atomic mass is 10.0. The molecule has 9 nitrogen and oxygen atoms in total. The summed E-state index contributed by atoms with van der Waals surface area (Å²) in [6.45, 7) is 5.43. The number of rotatable bonds is 6. The Labute approximate surface area is 173 Å². The van der Waals surface area contributed by atoms with Crippen molar-refractivity contribution in [2.75, 3.05) is 26.7 Å². The minimum absolute atomic E-state index is 0.0425. The van der Waals surface area contributed by atoms with E-state index in [2.05, 4.69) is 4.98 Å². The van der Waals surface area contributed by atoms with Crippen LogP contribution in [0, 0.1) is 20.8 Å². The third-order valence-corrected chi connectivity index (χ3v) is 4.91. The van der Waals surface area contributed by atoms with Gasteiger partial charge in [0.05, 0.1) is 23.7 Å². The van der Waals surface area contributed by atoms with Crippen LogP contribution in [0.5, 0.6) is 11.6 Å². The molecule has 0 aliphatic rings. The Morgan fingerprint density at radius 3 is 2.47 bits per heavy atom. The molecule has 0 aliphatic heterocycles. The van der Waals surface area contributed by atoms with Crippen molar-refractivity contribution in [3.63, 3.8) is 0 Å². The van der Waals surface area contributed by atoms with Crippen molar-refractivity contribution >= 4 is 22.6 Å². The number of amides is 1. The minimum Gasteiger partial charge on any atom is -0.481 e. The van der Waals surface area contributed by atoms with E-state index in [1.807, 2.05) is 6.92 Å². The summed E-state index contributed by atoms with van der Waals surface area (Å²) in [5, 5.41) is 0.207. The second-order valence-corrected chi connectivity index (χ2v) is 6.88. The molecule has 1 aromatic carbocycles. The summed E-state index contributed by atoms with van der Waals surface area (Å²) in [5.41, 5.74) is 14.1. The van der Waals surface area contributed by atoms with E-state index in [-0.39, 0.29) is 35.0 Å². The Balaban J connectivity index is 2.47. The van der Waals surface area contributed by atoms with E-state index in [4.69, 9.17) is 25.7 Å². The smallest absolute Gasteiger partial charge is 0.266 e. The summed E-state index contributed by atoms with van der Waals surface area (Å²) in [6.07, 6.45) is 0. The van der Waals surface area contributed by atoms with Gasteiger partial charge in [-0.15, -0.1) is 0 Å². The summed E-state index contributed by atoms with van der Waals surface area (Å²) in [7, 11) is 2.97. The second-order valence-electron chi connectivity index (χ2n) is 6.88. The highest BCUT2D eigenvalue weighted by atomic mass is 16.7. The molecule has 30 heavy (non-hydrogen) atoms. The predicted molar refractivity (Wildman–Crippen MR) is 114 cm³/mol. The monoisotopic (exact) mass is 412 g/mol. The highest BCUT2D eigenvalue weighted by molar-refractivity contribution is 6.08. The van der Waals surface area contributed by atoms with Crippen molar-refractivity contribution < 1.29 is 19.0 Å². The van der Waals surface area contributed by atoms with Crippen LogP contribution >= 0.6 is 0 Å². The van der Waals surface area contributed by atoms with Crippen molar-refractivity contribution in [2.24, 2.45) is 5.73 Å². The lowest BCUT2D eigenvalue weighted by molar-refractivity contribution is 0.0506. The van der Waals surface area contributed by atoms with Crippen LogP contribution in [0.3, 0.4) is 0 Å². The van der Waals surface area contributed by atoms with E-state index >= 15 is 0 Å². The Bertz CT molecular complexity index is 1220. The Kier molecular flexibility index (Phi) is 5.66. The maximum absolute atomic E-state index is 13.5. The van der Waals surface area contributed by atoms with Crippen LogP contribution in [0.25, 0.3) is 16.6 Å². The van der Waals surface area contributed by atoms with Crippen LogP contribution in [0.2, 0.25) is 0 Å². The number of aryl methyl sites for hydroxylation is 2. The van der Waals surface area contributed by atoms with Gasteiger partial charge in [0.1, 0.15) is 17.1 Å². The number of hydrogen-bond acceptors (Lipinski definition) is 7. The van der Waals surface area contributed by atoms with Gasteiger partial charge in [-0.25, -0.2) is 4.98 Å². The van der Waals surface area contributed by atoms with Gasteiger partial charge < -0.3 is 25.7 Å². The van der Waals surface area contributed by atoms with Crippen LogP contribution in [-0.2, 0) is 4.74 Å². The van der Waals surface area contributed by atoms with E-state index in [1.54, 1.807) is 32.0 Å². The van der Waals surface area contributed by atoms with Crippen LogP contribution in [-0.4, -0.2) is 36.5 Å². The molecule has 3 aromatic rings. The van der Waals surface area contributed by atoms with Gasteiger partial charge >= 0.3 is 0 Å². The molecular formula is C21H24N4O5. The summed E-state index contributed by atoms with van der Waals surface area (Å²) < 4.78 is 17.1. The lowest BCUT2D eigenvalue weighted by Crippen LogP contribution is -2.28. The lowest BCUT2D eigenvalue weighted by Gasteiger charge is -2.20. The standard InChI is InChI=1S/C21H24N4O5/c1-10-6-7-14(30-9-28-4)12(3)17(10)25-18(22)15(19(23)26)16-13(21(25)27)8-11(2)20(24-16)29-5/h6-8H,9,22H2,1-5H3,(H2,23,26).